The van der Waals surface area contributed by atoms with Crippen molar-refractivity contribution in [3.05, 3.63) is 65.0 Å². The summed E-state index contributed by atoms with van der Waals surface area (Å²) in [5, 5.41) is 9.71. The van der Waals surface area contributed by atoms with Crippen LogP contribution >= 0.6 is 22.7 Å². The number of hydrogen-bond acceptors (Lipinski definition) is 4. The second-order valence-electron chi connectivity index (χ2n) is 8.02. The number of carbonyl (C=O) groups excluding carboxylic acids is 1. The number of nitrogens with one attached hydrogen (secondary N) is 2. The first kappa shape index (κ1) is 19.6. The molecule has 0 aliphatic rings. The van der Waals surface area contributed by atoms with Gasteiger partial charge in [-0.1, -0.05) is 45.0 Å². The highest BCUT2D eigenvalue weighted by Gasteiger charge is 2.18. The van der Waals surface area contributed by atoms with Crippen molar-refractivity contribution < 1.29 is 4.79 Å². The molecule has 0 radical (unpaired) electrons. The molecule has 0 bridgehead atoms. The van der Waals surface area contributed by atoms with Crippen molar-refractivity contribution in [1.82, 2.24) is 4.98 Å². The fourth-order valence-corrected chi connectivity index (χ4v) is 5.19. The number of carbonyl (C=O) groups is 1. The Morgan fingerprint density at radius 3 is 2.41 bits per heavy atom. The predicted octanol–water partition coefficient (Wildman–Crippen LogP) is 7.27. The lowest BCUT2D eigenvalue weighted by atomic mass is 9.87. The predicted molar refractivity (Wildman–Crippen MR) is 125 cm³/mol. The molecule has 6 heteroatoms. The Hall–Kier alpha value is -2.70. The van der Waals surface area contributed by atoms with E-state index in [2.05, 4.69) is 55.0 Å². The van der Waals surface area contributed by atoms with Crippen LogP contribution in [0.3, 0.4) is 0 Å². The van der Waals surface area contributed by atoms with E-state index in [9.17, 15) is 4.79 Å². The third kappa shape index (κ3) is 4.18. The van der Waals surface area contributed by atoms with Crippen LogP contribution in [0, 0.1) is 6.92 Å². The van der Waals surface area contributed by atoms with E-state index in [0.717, 1.165) is 37.0 Å². The summed E-state index contributed by atoms with van der Waals surface area (Å²) in [6, 6.07) is 15.8. The van der Waals surface area contributed by atoms with E-state index in [1.165, 1.54) is 16.9 Å². The van der Waals surface area contributed by atoms with Crippen LogP contribution in [0.1, 0.15) is 31.9 Å². The molecule has 0 spiro atoms. The highest BCUT2D eigenvalue weighted by molar-refractivity contribution is 7.22. The fraction of sp³-hybridized carbons (Fsp3) is 0.217. The largest absolute Gasteiger partial charge is 0.324 e. The standard InChI is InChI=1S/C23H23N3OS2/c1-14-13-28-20(19(14)21-25-17-7-5-6-8-18(17)29-21)26-22(27)24-16-11-9-15(10-12-16)23(2,3)4/h5-13H,1-4H3,(H2,24,26,27). The summed E-state index contributed by atoms with van der Waals surface area (Å²) < 4.78 is 1.14. The van der Waals surface area contributed by atoms with Gasteiger partial charge in [0.2, 0.25) is 0 Å². The van der Waals surface area contributed by atoms with Crippen LogP contribution < -0.4 is 10.6 Å². The molecule has 2 aromatic carbocycles. The summed E-state index contributed by atoms with van der Waals surface area (Å²) >= 11 is 3.16. The molecular weight excluding hydrogens is 398 g/mol. The number of fused-ring (bicyclic) bond motifs is 1. The number of urea groups is 1. The zero-order chi connectivity index (χ0) is 20.6. The molecule has 0 atom stereocenters. The highest BCUT2D eigenvalue weighted by Crippen LogP contribution is 2.40. The molecular formula is C23H23N3OS2. The molecule has 0 aliphatic carbocycles. The Bertz CT molecular complexity index is 1130. The minimum Gasteiger partial charge on any atom is -0.308 e. The molecule has 148 valence electrons. The summed E-state index contributed by atoms with van der Waals surface area (Å²) in [6.07, 6.45) is 0. The van der Waals surface area contributed by atoms with Crippen molar-refractivity contribution in [2.24, 2.45) is 0 Å². The lowest BCUT2D eigenvalue weighted by molar-refractivity contribution is 0.262. The van der Waals surface area contributed by atoms with Gasteiger partial charge in [-0.2, -0.15) is 0 Å². The molecule has 2 heterocycles. The Morgan fingerprint density at radius 2 is 1.72 bits per heavy atom. The van der Waals surface area contributed by atoms with Crippen molar-refractivity contribution in [3.8, 4) is 10.6 Å². The van der Waals surface area contributed by atoms with Gasteiger partial charge in [-0.25, -0.2) is 9.78 Å². The van der Waals surface area contributed by atoms with Crippen molar-refractivity contribution in [2.45, 2.75) is 33.1 Å². The average molecular weight is 422 g/mol. The van der Waals surface area contributed by atoms with Gasteiger partial charge in [0.15, 0.2) is 0 Å². The van der Waals surface area contributed by atoms with E-state index < -0.39 is 0 Å². The topological polar surface area (TPSA) is 54.0 Å². The van der Waals surface area contributed by atoms with Crippen LogP contribution in [0.4, 0.5) is 15.5 Å². The number of benzene rings is 2. The summed E-state index contributed by atoms with van der Waals surface area (Å²) in [4.78, 5) is 17.4. The van der Waals surface area contributed by atoms with Crippen LogP contribution in [0.2, 0.25) is 0 Å². The summed E-state index contributed by atoms with van der Waals surface area (Å²) in [5.41, 5.74) is 5.17. The van der Waals surface area contributed by atoms with Crippen molar-refractivity contribution >= 4 is 49.6 Å². The lowest BCUT2D eigenvalue weighted by Gasteiger charge is -2.19. The molecule has 4 aromatic rings. The van der Waals surface area contributed by atoms with Gasteiger partial charge in [-0.15, -0.1) is 22.7 Å². The van der Waals surface area contributed by atoms with Gasteiger partial charge in [0.25, 0.3) is 0 Å². The Balaban J connectivity index is 1.53. The van der Waals surface area contributed by atoms with Gasteiger partial charge in [-0.05, 0) is 53.1 Å². The smallest absolute Gasteiger partial charge is 0.308 e. The van der Waals surface area contributed by atoms with Crippen molar-refractivity contribution in [2.75, 3.05) is 10.6 Å². The molecule has 2 amide bonds. The molecule has 0 fully saturated rings. The second-order valence-corrected chi connectivity index (χ2v) is 9.93. The number of thiazole rings is 1. The Kier molecular flexibility index (Phi) is 5.15. The molecule has 0 saturated heterocycles. The number of hydrogen-bond donors (Lipinski definition) is 2. The maximum Gasteiger partial charge on any atom is 0.324 e. The maximum atomic E-state index is 12.6. The van der Waals surface area contributed by atoms with E-state index in [0.29, 0.717) is 0 Å². The minimum absolute atomic E-state index is 0.0848. The lowest BCUT2D eigenvalue weighted by Crippen LogP contribution is -2.19. The van der Waals surface area contributed by atoms with Gasteiger partial charge in [0, 0.05) is 11.3 Å². The molecule has 0 saturated carbocycles. The van der Waals surface area contributed by atoms with E-state index in [4.69, 9.17) is 4.98 Å². The van der Waals surface area contributed by atoms with Crippen molar-refractivity contribution in [1.29, 1.82) is 0 Å². The molecule has 4 rings (SSSR count). The normalized spacial score (nSPS) is 11.6. The zero-order valence-corrected chi connectivity index (χ0v) is 18.5. The first-order valence-electron chi connectivity index (χ1n) is 9.44. The monoisotopic (exact) mass is 421 g/mol. The number of anilines is 2. The number of amides is 2. The molecule has 4 nitrogen and oxygen atoms in total. The number of thiophene rings is 1. The number of rotatable bonds is 3. The fourth-order valence-electron chi connectivity index (χ4n) is 3.10. The number of para-hydroxylation sites is 1. The number of nitrogens with zero attached hydrogens (tertiary/aromatic N) is 1. The van der Waals surface area contributed by atoms with Crippen LogP contribution in [-0.2, 0) is 5.41 Å². The summed E-state index contributed by atoms with van der Waals surface area (Å²) in [5.74, 6) is 0. The van der Waals surface area contributed by atoms with Crippen LogP contribution in [0.15, 0.2) is 53.9 Å². The number of aryl methyl sites for hydroxylation is 1. The second kappa shape index (κ2) is 7.61. The Labute approximate surface area is 178 Å². The minimum atomic E-state index is -0.252. The summed E-state index contributed by atoms with van der Waals surface area (Å²) in [6.45, 7) is 8.56. The van der Waals surface area contributed by atoms with Gasteiger partial charge in [0.05, 0.1) is 10.2 Å². The molecule has 2 N–H and O–H groups in total. The van der Waals surface area contributed by atoms with Crippen molar-refractivity contribution in [3.63, 3.8) is 0 Å². The van der Waals surface area contributed by atoms with E-state index in [1.54, 1.807) is 11.3 Å². The quantitative estimate of drug-likeness (QED) is 0.365. The Morgan fingerprint density at radius 1 is 1.00 bits per heavy atom. The van der Waals surface area contributed by atoms with E-state index in [1.807, 2.05) is 37.3 Å². The molecule has 0 unspecified atom stereocenters. The summed E-state index contributed by atoms with van der Waals surface area (Å²) in [7, 11) is 0. The molecule has 2 aromatic heterocycles. The third-order valence-electron chi connectivity index (χ3n) is 4.72. The van der Waals surface area contributed by atoms with E-state index in [-0.39, 0.29) is 11.4 Å². The van der Waals surface area contributed by atoms with Crippen LogP contribution in [-0.4, -0.2) is 11.0 Å². The van der Waals surface area contributed by atoms with E-state index >= 15 is 0 Å². The van der Waals surface area contributed by atoms with Gasteiger partial charge < -0.3 is 5.32 Å². The van der Waals surface area contributed by atoms with Gasteiger partial charge in [-0.3, -0.25) is 5.32 Å². The van der Waals surface area contributed by atoms with Crippen LogP contribution in [0.25, 0.3) is 20.8 Å². The van der Waals surface area contributed by atoms with Gasteiger partial charge >= 0.3 is 6.03 Å². The average Bonchev–Trinajstić information content (AvgIpc) is 3.24. The first-order chi connectivity index (χ1) is 13.8. The van der Waals surface area contributed by atoms with Crippen LogP contribution in [0.5, 0.6) is 0 Å². The zero-order valence-electron chi connectivity index (χ0n) is 16.9. The number of aromatic nitrogens is 1. The SMILES string of the molecule is Cc1csc(NC(=O)Nc2ccc(C(C)(C)C)cc2)c1-c1nc2ccccc2s1. The highest BCUT2D eigenvalue weighted by atomic mass is 32.1. The first-order valence-corrected chi connectivity index (χ1v) is 11.1. The maximum absolute atomic E-state index is 12.6. The van der Waals surface area contributed by atoms with Gasteiger partial charge in [0.1, 0.15) is 10.0 Å². The molecule has 29 heavy (non-hydrogen) atoms. The molecule has 0 aliphatic heterocycles. The third-order valence-corrected chi connectivity index (χ3v) is 6.79.